The molecule has 1 amide bonds. The van der Waals surface area contributed by atoms with Crippen LogP contribution in [0.3, 0.4) is 0 Å². The number of nitro groups is 1. The molecule has 0 atom stereocenters. The molecule has 0 heterocycles. The highest BCUT2D eigenvalue weighted by Crippen LogP contribution is 2.18. The van der Waals surface area contributed by atoms with Crippen LogP contribution >= 0.6 is 0 Å². The third-order valence-corrected chi connectivity index (χ3v) is 3.26. The van der Waals surface area contributed by atoms with Crippen LogP contribution in [0, 0.1) is 17.0 Å². The number of nitrogens with one attached hydrogen (secondary N) is 2. The Morgan fingerprint density at radius 1 is 1.20 bits per heavy atom. The number of allylic oxidation sites excluding steroid dienone is 1. The normalized spacial score (nSPS) is 10.9. The van der Waals surface area contributed by atoms with E-state index in [9.17, 15) is 14.9 Å². The summed E-state index contributed by atoms with van der Waals surface area (Å²) >= 11 is 0. The van der Waals surface area contributed by atoms with E-state index in [1.54, 1.807) is 24.3 Å². The minimum absolute atomic E-state index is 0.0125. The quantitative estimate of drug-likeness (QED) is 0.460. The smallest absolute Gasteiger partial charge is 0.276 e. The molecule has 0 saturated carbocycles. The van der Waals surface area contributed by atoms with Gasteiger partial charge in [-0.15, -0.1) is 0 Å². The Morgan fingerprint density at radius 3 is 2.64 bits per heavy atom. The van der Waals surface area contributed by atoms with Gasteiger partial charge in [-0.05, 0) is 37.3 Å². The van der Waals surface area contributed by atoms with Gasteiger partial charge >= 0.3 is 0 Å². The summed E-state index contributed by atoms with van der Waals surface area (Å²) in [5.74, 6) is -0.295. The van der Waals surface area contributed by atoms with Crippen molar-refractivity contribution in [2.24, 2.45) is 5.10 Å². The summed E-state index contributed by atoms with van der Waals surface area (Å²) in [6.07, 6.45) is 4.44. The van der Waals surface area contributed by atoms with E-state index in [0.717, 1.165) is 11.3 Å². The van der Waals surface area contributed by atoms with Crippen molar-refractivity contribution < 1.29 is 9.72 Å². The Bertz CT molecular complexity index is 798. The topological polar surface area (TPSA) is 96.6 Å². The number of hydrazone groups is 1. The molecule has 0 aromatic heterocycles. The molecule has 0 fully saturated rings. The Hall–Kier alpha value is -3.48. The number of carbonyl (C=O) groups excluding carboxylic acids is 1. The number of para-hydroxylation sites is 1. The van der Waals surface area contributed by atoms with Gasteiger partial charge in [-0.3, -0.25) is 14.9 Å². The van der Waals surface area contributed by atoms with Gasteiger partial charge in [0.1, 0.15) is 0 Å². The molecule has 0 bridgehead atoms. The molecule has 2 N–H and O–H groups in total. The molecule has 7 nitrogen and oxygen atoms in total. The second-order valence-electron chi connectivity index (χ2n) is 5.21. The molecule has 2 rings (SSSR count). The van der Waals surface area contributed by atoms with Crippen LogP contribution in [0.2, 0.25) is 0 Å². The van der Waals surface area contributed by atoms with Crippen LogP contribution in [0.5, 0.6) is 0 Å². The minimum atomic E-state index is -0.449. The molecule has 7 heteroatoms. The van der Waals surface area contributed by atoms with Crippen LogP contribution in [0.1, 0.15) is 11.1 Å². The molecule has 0 saturated heterocycles. The van der Waals surface area contributed by atoms with Crippen LogP contribution in [-0.4, -0.2) is 23.6 Å². The molecule has 0 radical (unpaired) electrons. The van der Waals surface area contributed by atoms with E-state index in [1.165, 1.54) is 18.4 Å². The maximum atomic E-state index is 11.7. The van der Waals surface area contributed by atoms with Gasteiger partial charge in [-0.2, -0.15) is 5.10 Å². The summed E-state index contributed by atoms with van der Waals surface area (Å²) in [4.78, 5) is 22.1. The number of hydrogen-bond donors (Lipinski definition) is 2. The van der Waals surface area contributed by atoms with Crippen molar-refractivity contribution >= 4 is 29.6 Å². The highest BCUT2D eigenvalue weighted by Gasteiger charge is 2.08. The van der Waals surface area contributed by atoms with Gasteiger partial charge in [0.25, 0.3) is 11.6 Å². The molecule has 0 unspecified atom stereocenters. The average molecular weight is 338 g/mol. The average Bonchev–Trinajstić information content (AvgIpc) is 2.61. The molecular weight excluding hydrogens is 320 g/mol. The Labute approximate surface area is 145 Å². The second kappa shape index (κ2) is 8.97. The van der Waals surface area contributed by atoms with Crippen LogP contribution in [0.4, 0.5) is 11.4 Å². The molecule has 0 aliphatic heterocycles. The maximum absolute atomic E-state index is 11.7. The fourth-order valence-corrected chi connectivity index (χ4v) is 1.99. The molecule has 0 spiro atoms. The van der Waals surface area contributed by atoms with Crippen molar-refractivity contribution in [1.29, 1.82) is 0 Å². The van der Waals surface area contributed by atoms with E-state index in [1.807, 2.05) is 31.2 Å². The van der Waals surface area contributed by atoms with Gasteiger partial charge in [0.05, 0.1) is 17.0 Å². The van der Waals surface area contributed by atoms with E-state index in [-0.39, 0.29) is 18.1 Å². The van der Waals surface area contributed by atoms with Crippen molar-refractivity contribution in [3.63, 3.8) is 0 Å². The Kier molecular flexibility index (Phi) is 6.41. The number of nitrogens with zero attached hydrogens (tertiary/aromatic N) is 2. The van der Waals surface area contributed by atoms with Crippen molar-refractivity contribution in [1.82, 2.24) is 5.43 Å². The second-order valence-corrected chi connectivity index (χ2v) is 5.21. The van der Waals surface area contributed by atoms with Gasteiger partial charge in [0, 0.05) is 18.0 Å². The standard InChI is InChI=1S/C18H18N4O3/c1-14-8-10-16(11-9-14)19-13-18(23)21-20-12-4-6-15-5-2-3-7-17(15)22(24)25/h2-12,19H,13H2,1H3,(H,21,23)/b6-4+,20-12+. The number of anilines is 1. The van der Waals surface area contributed by atoms with E-state index < -0.39 is 4.92 Å². The highest BCUT2D eigenvalue weighted by atomic mass is 16.6. The SMILES string of the molecule is Cc1ccc(NCC(=O)N/N=C/C=C/c2ccccc2[N+](=O)[O-])cc1. The number of nitro benzene ring substituents is 1. The predicted octanol–water partition coefficient (Wildman–Crippen LogP) is 3.13. The van der Waals surface area contributed by atoms with Gasteiger partial charge in [0.15, 0.2) is 0 Å². The summed E-state index contributed by atoms with van der Waals surface area (Å²) in [6, 6.07) is 14.1. The van der Waals surface area contributed by atoms with Crippen LogP contribution in [0.15, 0.2) is 59.7 Å². The van der Waals surface area contributed by atoms with Crippen LogP contribution < -0.4 is 10.7 Å². The highest BCUT2D eigenvalue weighted by molar-refractivity contribution is 5.84. The number of benzene rings is 2. The number of hydrogen-bond acceptors (Lipinski definition) is 5. The van der Waals surface area contributed by atoms with Crippen molar-refractivity contribution in [3.8, 4) is 0 Å². The number of carbonyl (C=O) groups is 1. The first kappa shape index (κ1) is 17.9. The monoisotopic (exact) mass is 338 g/mol. The zero-order valence-electron chi connectivity index (χ0n) is 13.7. The lowest BCUT2D eigenvalue weighted by Crippen LogP contribution is -2.25. The van der Waals surface area contributed by atoms with Gasteiger partial charge in [0.2, 0.25) is 0 Å². The first-order chi connectivity index (χ1) is 12.1. The summed E-state index contributed by atoms with van der Waals surface area (Å²) in [5.41, 5.74) is 4.84. The summed E-state index contributed by atoms with van der Waals surface area (Å²) in [5, 5.41) is 17.6. The van der Waals surface area contributed by atoms with Gasteiger partial charge < -0.3 is 5.32 Å². The zero-order valence-corrected chi connectivity index (χ0v) is 13.7. The first-order valence-electron chi connectivity index (χ1n) is 7.59. The van der Waals surface area contributed by atoms with E-state index in [0.29, 0.717) is 5.56 Å². The van der Waals surface area contributed by atoms with E-state index in [2.05, 4.69) is 15.8 Å². The fraction of sp³-hybridized carbons (Fsp3) is 0.111. The molecule has 128 valence electrons. The number of amides is 1. The third-order valence-electron chi connectivity index (χ3n) is 3.26. The maximum Gasteiger partial charge on any atom is 0.276 e. The van der Waals surface area contributed by atoms with Gasteiger partial charge in [-0.25, -0.2) is 5.43 Å². The molecule has 25 heavy (non-hydrogen) atoms. The van der Waals surface area contributed by atoms with Crippen molar-refractivity contribution in [2.75, 3.05) is 11.9 Å². The molecule has 2 aromatic carbocycles. The Morgan fingerprint density at radius 2 is 1.92 bits per heavy atom. The number of rotatable bonds is 7. The first-order valence-corrected chi connectivity index (χ1v) is 7.59. The third kappa shape index (κ3) is 5.91. The predicted molar refractivity (Wildman–Crippen MR) is 98.4 cm³/mol. The Balaban J connectivity index is 1.80. The molecule has 0 aliphatic rings. The fourth-order valence-electron chi connectivity index (χ4n) is 1.99. The lowest BCUT2D eigenvalue weighted by atomic mass is 10.2. The van der Waals surface area contributed by atoms with Gasteiger partial charge in [-0.1, -0.05) is 29.8 Å². The summed E-state index contributed by atoms with van der Waals surface area (Å²) in [6.45, 7) is 2.08. The van der Waals surface area contributed by atoms with Crippen LogP contribution in [0.25, 0.3) is 6.08 Å². The minimum Gasteiger partial charge on any atom is -0.376 e. The lowest BCUT2D eigenvalue weighted by Gasteiger charge is -2.05. The largest absolute Gasteiger partial charge is 0.376 e. The molecule has 2 aromatic rings. The van der Waals surface area contributed by atoms with Crippen molar-refractivity contribution in [3.05, 3.63) is 75.8 Å². The molecular formula is C18H18N4O3. The summed E-state index contributed by atoms with van der Waals surface area (Å²) < 4.78 is 0. The van der Waals surface area contributed by atoms with Crippen molar-refractivity contribution in [2.45, 2.75) is 6.92 Å². The molecule has 0 aliphatic carbocycles. The zero-order chi connectivity index (χ0) is 18.1. The number of aryl methyl sites for hydroxylation is 1. The lowest BCUT2D eigenvalue weighted by molar-refractivity contribution is -0.385. The van der Waals surface area contributed by atoms with E-state index in [4.69, 9.17) is 0 Å². The van der Waals surface area contributed by atoms with Crippen LogP contribution in [-0.2, 0) is 4.79 Å². The summed E-state index contributed by atoms with van der Waals surface area (Å²) in [7, 11) is 0. The van der Waals surface area contributed by atoms with E-state index >= 15 is 0 Å².